The van der Waals surface area contributed by atoms with E-state index in [1.54, 1.807) is 27.9 Å². The molecular formula is C11H17N5OS. The van der Waals surface area contributed by atoms with Crippen LogP contribution in [0.4, 0.5) is 9.93 Å². The molecule has 0 fully saturated rings. The molecule has 2 amide bonds. The molecule has 0 atom stereocenters. The highest BCUT2D eigenvalue weighted by Gasteiger charge is 2.27. The molecular weight excluding hydrogens is 250 g/mol. The summed E-state index contributed by atoms with van der Waals surface area (Å²) in [5.74, 6) is 0. The average Bonchev–Trinajstić information content (AvgIpc) is 2.80. The fourth-order valence-corrected chi connectivity index (χ4v) is 2.17. The van der Waals surface area contributed by atoms with Crippen LogP contribution in [-0.4, -0.2) is 41.8 Å². The maximum Gasteiger partial charge on any atom is 0.325 e. The van der Waals surface area contributed by atoms with Gasteiger partial charge in [0.15, 0.2) is 0 Å². The van der Waals surface area contributed by atoms with Crippen molar-refractivity contribution in [3.63, 3.8) is 0 Å². The molecule has 0 aliphatic rings. The van der Waals surface area contributed by atoms with Crippen molar-refractivity contribution in [2.75, 3.05) is 25.5 Å². The van der Waals surface area contributed by atoms with Crippen LogP contribution in [0, 0.1) is 11.3 Å². The molecule has 7 heteroatoms. The van der Waals surface area contributed by atoms with Gasteiger partial charge in [-0.3, -0.25) is 4.90 Å². The topological polar surface area (TPSA) is 73.1 Å². The Morgan fingerprint density at radius 1 is 1.44 bits per heavy atom. The van der Waals surface area contributed by atoms with Gasteiger partial charge in [-0.25, -0.2) is 4.79 Å². The Morgan fingerprint density at radius 3 is 2.50 bits per heavy atom. The predicted molar refractivity (Wildman–Crippen MR) is 70.7 cm³/mol. The van der Waals surface area contributed by atoms with Crippen LogP contribution in [0.25, 0.3) is 0 Å². The third kappa shape index (κ3) is 2.76. The van der Waals surface area contributed by atoms with Crippen LogP contribution in [0.3, 0.4) is 0 Å². The van der Waals surface area contributed by atoms with E-state index in [1.807, 2.05) is 6.92 Å². The second-order valence-corrected chi connectivity index (χ2v) is 5.50. The van der Waals surface area contributed by atoms with Gasteiger partial charge in [0.1, 0.15) is 10.4 Å². The maximum atomic E-state index is 11.9. The monoisotopic (exact) mass is 267 g/mol. The molecule has 0 unspecified atom stereocenters. The van der Waals surface area contributed by atoms with Gasteiger partial charge in [-0.1, -0.05) is 11.3 Å². The lowest BCUT2D eigenvalue weighted by molar-refractivity contribution is 0.224. The van der Waals surface area contributed by atoms with Gasteiger partial charge in [-0.15, -0.1) is 10.2 Å². The van der Waals surface area contributed by atoms with Crippen molar-refractivity contribution < 1.29 is 4.79 Å². The van der Waals surface area contributed by atoms with E-state index < -0.39 is 5.41 Å². The van der Waals surface area contributed by atoms with E-state index in [1.165, 1.54) is 21.1 Å². The average molecular weight is 267 g/mol. The maximum absolute atomic E-state index is 11.9. The van der Waals surface area contributed by atoms with Crippen molar-refractivity contribution in [3.05, 3.63) is 5.01 Å². The van der Waals surface area contributed by atoms with E-state index in [0.717, 1.165) is 0 Å². The van der Waals surface area contributed by atoms with E-state index in [9.17, 15) is 4.79 Å². The first kappa shape index (κ1) is 14.4. The number of carbonyl (C=O) groups is 1. The van der Waals surface area contributed by atoms with Gasteiger partial charge in [-0.05, 0) is 20.8 Å². The molecule has 0 spiro atoms. The third-order valence-corrected chi connectivity index (χ3v) is 3.66. The normalized spacial score (nSPS) is 10.9. The molecule has 0 saturated carbocycles. The van der Waals surface area contributed by atoms with Crippen LogP contribution in [0.2, 0.25) is 0 Å². The molecule has 0 aromatic carbocycles. The fourth-order valence-electron chi connectivity index (χ4n) is 1.22. The lowest BCUT2D eigenvalue weighted by atomic mass is 9.97. The van der Waals surface area contributed by atoms with Gasteiger partial charge in [-0.2, -0.15) is 5.26 Å². The first-order valence-electron chi connectivity index (χ1n) is 5.57. The molecule has 0 aliphatic carbocycles. The molecule has 98 valence electrons. The van der Waals surface area contributed by atoms with Gasteiger partial charge >= 0.3 is 6.03 Å². The molecule has 1 aromatic rings. The minimum Gasteiger partial charge on any atom is -0.330 e. The number of carbonyl (C=O) groups excluding carboxylic acids is 1. The first-order valence-corrected chi connectivity index (χ1v) is 6.39. The lowest BCUT2D eigenvalue weighted by Gasteiger charge is -2.21. The zero-order valence-electron chi connectivity index (χ0n) is 11.3. The van der Waals surface area contributed by atoms with Crippen LogP contribution in [0.15, 0.2) is 0 Å². The van der Waals surface area contributed by atoms with Gasteiger partial charge in [0, 0.05) is 20.6 Å². The molecule has 1 heterocycles. The fraction of sp³-hybridized carbons (Fsp3) is 0.636. The van der Waals surface area contributed by atoms with Crippen LogP contribution < -0.4 is 4.90 Å². The summed E-state index contributed by atoms with van der Waals surface area (Å²) in [6, 6.07) is 2.03. The lowest BCUT2D eigenvalue weighted by Crippen LogP contribution is -2.39. The highest BCUT2D eigenvalue weighted by Crippen LogP contribution is 2.29. The Kier molecular flexibility index (Phi) is 4.24. The second kappa shape index (κ2) is 5.31. The zero-order chi connectivity index (χ0) is 13.9. The van der Waals surface area contributed by atoms with Crippen LogP contribution in [0.1, 0.15) is 25.8 Å². The quantitative estimate of drug-likeness (QED) is 0.837. The molecule has 18 heavy (non-hydrogen) atoms. The summed E-state index contributed by atoms with van der Waals surface area (Å²) >= 11 is 1.28. The van der Waals surface area contributed by atoms with Crippen LogP contribution >= 0.6 is 11.3 Å². The summed E-state index contributed by atoms with van der Waals surface area (Å²) in [6.07, 6.45) is 0. The Labute approximate surface area is 111 Å². The smallest absolute Gasteiger partial charge is 0.325 e. The van der Waals surface area contributed by atoms with Crippen molar-refractivity contribution in [1.29, 1.82) is 5.26 Å². The summed E-state index contributed by atoms with van der Waals surface area (Å²) < 4.78 is 0. The highest BCUT2D eigenvalue weighted by molar-refractivity contribution is 7.15. The Morgan fingerprint density at radius 2 is 2.06 bits per heavy atom. The Balaban J connectivity index is 3.05. The number of nitriles is 1. The van der Waals surface area contributed by atoms with Crippen LogP contribution in [-0.2, 0) is 5.41 Å². The number of aromatic nitrogens is 2. The van der Waals surface area contributed by atoms with Gasteiger partial charge in [0.25, 0.3) is 0 Å². The zero-order valence-corrected chi connectivity index (χ0v) is 12.1. The minimum absolute atomic E-state index is 0.144. The number of rotatable bonds is 3. The standard InChI is InChI=1S/C11H17N5OS/c1-6-16(10(17)15(4)5)9-14-13-8(18-9)11(2,3)7-12/h6H2,1-5H3. The molecule has 6 nitrogen and oxygen atoms in total. The van der Waals surface area contributed by atoms with E-state index in [-0.39, 0.29) is 6.03 Å². The number of hydrogen-bond donors (Lipinski definition) is 0. The summed E-state index contributed by atoms with van der Waals surface area (Å²) in [4.78, 5) is 15.0. The Hall–Kier alpha value is -1.68. The van der Waals surface area contributed by atoms with E-state index in [0.29, 0.717) is 16.7 Å². The predicted octanol–water partition coefficient (Wildman–Crippen LogP) is 1.85. The van der Waals surface area contributed by atoms with Crippen molar-refractivity contribution in [2.24, 2.45) is 0 Å². The van der Waals surface area contributed by atoms with Gasteiger partial charge in [0.05, 0.1) is 6.07 Å². The molecule has 0 saturated heterocycles. The van der Waals surface area contributed by atoms with Crippen molar-refractivity contribution >= 4 is 22.5 Å². The molecule has 1 rings (SSSR count). The van der Waals surface area contributed by atoms with E-state index >= 15 is 0 Å². The second-order valence-electron chi connectivity index (χ2n) is 4.55. The molecule has 0 bridgehead atoms. The number of urea groups is 1. The summed E-state index contributed by atoms with van der Waals surface area (Å²) in [5, 5.41) is 18.2. The number of hydrogen-bond acceptors (Lipinski definition) is 5. The van der Waals surface area contributed by atoms with Crippen molar-refractivity contribution in [1.82, 2.24) is 15.1 Å². The summed E-state index contributed by atoms with van der Waals surface area (Å²) in [7, 11) is 3.37. The number of amides is 2. The van der Waals surface area contributed by atoms with Crippen molar-refractivity contribution in [2.45, 2.75) is 26.2 Å². The number of anilines is 1. The summed E-state index contributed by atoms with van der Waals surface area (Å²) in [6.45, 7) is 5.94. The third-order valence-electron chi connectivity index (χ3n) is 2.39. The molecule has 0 N–H and O–H groups in total. The minimum atomic E-state index is -0.684. The largest absolute Gasteiger partial charge is 0.330 e. The van der Waals surface area contributed by atoms with Crippen molar-refractivity contribution in [3.8, 4) is 6.07 Å². The van der Waals surface area contributed by atoms with Crippen LogP contribution in [0.5, 0.6) is 0 Å². The highest BCUT2D eigenvalue weighted by atomic mass is 32.1. The SMILES string of the molecule is CCN(C(=O)N(C)C)c1nnc(C(C)(C)C#N)s1. The first-order chi connectivity index (χ1) is 8.33. The summed E-state index contributed by atoms with van der Waals surface area (Å²) in [5.41, 5.74) is -0.684. The Bertz CT molecular complexity index is 474. The van der Waals surface area contributed by atoms with E-state index in [2.05, 4.69) is 16.3 Å². The van der Waals surface area contributed by atoms with E-state index in [4.69, 9.17) is 5.26 Å². The number of nitrogens with zero attached hydrogens (tertiary/aromatic N) is 5. The van der Waals surface area contributed by atoms with Gasteiger partial charge < -0.3 is 4.90 Å². The molecule has 0 aliphatic heterocycles. The molecule has 0 radical (unpaired) electrons. The molecule has 1 aromatic heterocycles. The van der Waals surface area contributed by atoms with Gasteiger partial charge in [0.2, 0.25) is 5.13 Å².